The lowest BCUT2D eigenvalue weighted by Gasteiger charge is -2.30. The van der Waals surface area contributed by atoms with Crippen molar-refractivity contribution in [3.05, 3.63) is 29.6 Å². The van der Waals surface area contributed by atoms with Crippen LogP contribution in [0.25, 0.3) is 0 Å². The highest BCUT2D eigenvalue weighted by atomic mass is 19.1. The number of hydrogen-bond acceptors (Lipinski definition) is 2. The van der Waals surface area contributed by atoms with Crippen LogP contribution < -0.4 is 4.90 Å². The zero-order valence-corrected chi connectivity index (χ0v) is 14.1. The molecular weight excluding hydrogens is 263 g/mol. The first-order valence-electron chi connectivity index (χ1n) is 7.77. The number of nitrogens with zero attached hydrogens (tertiary/aromatic N) is 2. The van der Waals surface area contributed by atoms with E-state index in [0.717, 1.165) is 13.1 Å². The maximum absolute atomic E-state index is 14.0. The van der Waals surface area contributed by atoms with Crippen molar-refractivity contribution in [2.75, 3.05) is 18.0 Å². The molecule has 21 heavy (non-hydrogen) atoms. The molecule has 0 amide bonds. The molecule has 116 valence electrons. The van der Waals surface area contributed by atoms with Crippen LogP contribution in [-0.4, -0.2) is 13.1 Å². The van der Waals surface area contributed by atoms with Gasteiger partial charge in [0.05, 0.1) is 17.3 Å². The highest BCUT2D eigenvalue weighted by Gasteiger charge is 2.37. The molecular formula is C18H27FN2. The second-order valence-electron chi connectivity index (χ2n) is 6.63. The molecule has 1 aromatic carbocycles. The highest BCUT2D eigenvalue weighted by molar-refractivity contribution is 5.52. The zero-order chi connectivity index (χ0) is 16.2. The SMILES string of the molecule is CC.CC1CN(c2ccc(C#N)cc2F)CC1C(C)(C)C. The fraction of sp³-hybridized carbons (Fsp3) is 0.611. The van der Waals surface area contributed by atoms with Crippen LogP contribution in [0.5, 0.6) is 0 Å². The molecule has 0 saturated carbocycles. The van der Waals surface area contributed by atoms with Crippen molar-refractivity contribution >= 4 is 5.69 Å². The molecule has 1 heterocycles. The zero-order valence-electron chi connectivity index (χ0n) is 14.1. The highest BCUT2D eigenvalue weighted by Crippen LogP contribution is 2.39. The Kier molecular flexibility index (Phi) is 5.78. The van der Waals surface area contributed by atoms with Gasteiger partial charge in [-0.3, -0.25) is 0 Å². The Morgan fingerprint density at radius 3 is 2.29 bits per heavy atom. The van der Waals surface area contributed by atoms with Crippen molar-refractivity contribution in [2.24, 2.45) is 17.3 Å². The van der Waals surface area contributed by atoms with E-state index in [1.807, 2.05) is 19.9 Å². The smallest absolute Gasteiger partial charge is 0.147 e. The average molecular weight is 290 g/mol. The molecule has 1 aliphatic rings. The van der Waals surface area contributed by atoms with Crippen LogP contribution in [0.1, 0.15) is 47.1 Å². The maximum atomic E-state index is 14.0. The third-order valence-electron chi connectivity index (χ3n) is 4.14. The topological polar surface area (TPSA) is 27.0 Å². The third kappa shape index (κ3) is 3.97. The van der Waals surface area contributed by atoms with Gasteiger partial charge in [0.1, 0.15) is 5.82 Å². The van der Waals surface area contributed by atoms with Gasteiger partial charge in [-0.2, -0.15) is 5.26 Å². The standard InChI is InChI=1S/C16H21FN2.C2H6/c1-11-9-19(10-13(11)16(2,3)4)15-6-5-12(8-18)7-14(15)17;1-2/h5-7,11,13H,9-10H2,1-4H3;1-2H3. The van der Waals surface area contributed by atoms with E-state index in [9.17, 15) is 4.39 Å². The quantitative estimate of drug-likeness (QED) is 0.740. The van der Waals surface area contributed by atoms with E-state index < -0.39 is 0 Å². The van der Waals surface area contributed by atoms with Gasteiger partial charge in [-0.05, 0) is 35.4 Å². The molecule has 1 aliphatic heterocycles. The van der Waals surface area contributed by atoms with Crippen molar-refractivity contribution in [3.8, 4) is 6.07 Å². The van der Waals surface area contributed by atoms with Gasteiger partial charge in [0, 0.05) is 13.1 Å². The van der Waals surface area contributed by atoms with Crippen LogP contribution in [0.15, 0.2) is 18.2 Å². The van der Waals surface area contributed by atoms with Crippen molar-refractivity contribution in [3.63, 3.8) is 0 Å². The lowest BCUT2D eigenvalue weighted by Crippen LogP contribution is -2.27. The summed E-state index contributed by atoms with van der Waals surface area (Å²) in [5.41, 5.74) is 1.23. The average Bonchev–Trinajstić information content (AvgIpc) is 2.82. The lowest BCUT2D eigenvalue weighted by molar-refractivity contribution is 0.214. The van der Waals surface area contributed by atoms with Crippen LogP contribution in [0.2, 0.25) is 0 Å². The molecule has 0 spiro atoms. The molecule has 0 radical (unpaired) electrons. The predicted octanol–water partition coefficient (Wildman–Crippen LogP) is 4.84. The lowest BCUT2D eigenvalue weighted by atomic mass is 9.76. The fourth-order valence-corrected chi connectivity index (χ4v) is 3.12. The van der Waals surface area contributed by atoms with Crippen LogP contribution in [-0.2, 0) is 0 Å². The number of hydrogen-bond donors (Lipinski definition) is 0. The first kappa shape index (κ1) is 17.5. The van der Waals surface area contributed by atoms with Gasteiger partial charge in [0.25, 0.3) is 0 Å². The maximum Gasteiger partial charge on any atom is 0.147 e. The number of benzene rings is 1. The van der Waals surface area contributed by atoms with E-state index in [-0.39, 0.29) is 11.2 Å². The summed E-state index contributed by atoms with van der Waals surface area (Å²) in [6.45, 7) is 14.7. The Labute approximate surface area is 128 Å². The minimum absolute atomic E-state index is 0.233. The summed E-state index contributed by atoms with van der Waals surface area (Å²) < 4.78 is 14.0. The first-order chi connectivity index (χ1) is 9.82. The molecule has 0 bridgehead atoms. The summed E-state index contributed by atoms with van der Waals surface area (Å²) in [6.07, 6.45) is 0. The Morgan fingerprint density at radius 2 is 1.86 bits per heavy atom. The van der Waals surface area contributed by atoms with Crippen molar-refractivity contribution in [2.45, 2.75) is 41.5 Å². The van der Waals surface area contributed by atoms with Crippen LogP contribution in [0.4, 0.5) is 10.1 Å². The van der Waals surface area contributed by atoms with E-state index in [1.54, 1.807) is 12.1 Å². The van der Waals surface area contributed by atoms with E-state index in [4.69, 9.17) is 5.26 Å². The third-order valence-corrected chi connectivity index (χ3v) is 4.14. The van der Waals surface area contributed by atoms with Gasteiger partial charge in [0.2, 0.25) is 0 Å². The van der Waals surface area contributed by atoms with Gasteiger partial charge in [0.15, 0.2) is 0 Å². The summed E-state index contributed by atoms with van der Waals surface area (Å²) in [5, 5.41) is 8.78. The van der Waals surface area contributed by atoms with Crippen molar-refractivity contribution in [1.82, 2.24) is 0 Å². The molecule has 0 aliphatic carbocycles. The van der Waals surface area contributed by atoms with E-state index in [0.29, 0.717) is 23.1 Å². The molecule has 2 atom stereocenters. The molecule has 2 nitrogen and oxygen atoms in total. The van der Waals surface area contributed by atoms with Gasteiger partial charge < -0.3 is 4.90 Å². The molecule has 1 fully saturated rings. The Morgan fingerprint density at radius 1 is 1.24 bits per heavy atom. The van der Waals surface area contributed by atoms with E-state index in [2.05, 4.69) is 32.6 Å². The fourth-order valence-electron chi connectivity index (χ4n) is 3.12. The minimum Gasteiger partial charge on any atom is -0.369 e. The summed E-state index contributed by atoms with van der Waals surface area (Å²) in [4.78, 5) is 2.11. The molecule has 1 aromatic rings. The van der Waals surface area contributed by atoms with E-state index in [1.165, 1.54) is 6.07 Å². The first-order valence-corrected chi connectivity index (χ1v) is 7.77. The van der Waals surface area contributed by atoms with Gasteiger partial charge >= 0.3 is 0 Å². The summed E-state index contributed by atoms with van der Waals surface area (Å²) in [5.74, 6) is 0.818. The Hall–Kier alpha value is -1.56. The van der Waals surface area contributed by atoms with Crippen LogP contribution in [0.3, 0.4) is 0 Å². The number of anilines is 1. The van der Waals surface area contributed by atoms with Gasteiger partial charge in [-0.25, -0.2) is 4.39 Å². The molecule has 2 rings (SSSR count). The number of nitriles is 1. The predicted molar refractivity (Wildman–Crippen MR) is 86.8 cm³/mol. The second-order valence-corrected chi connectivity index (χ2v) is 6.63. The summed E-state index contributed by atoms with van der Waals surface area (Å²) in [7, 11) is 0. The Bertz CT molecular complexity index is 511. The molecule has 3 heteroatoms. The van der Waals surface area contributed by atoms with Crippen LogP contribution >= 0.6 is 0 Å². The minimum atomic E-state index is -0.291. The molecule has 0 aromatic heterocycles. The largest absolute Gasteiger partial charge is 0.369 e. The van der Waals surface area contributed by atoms with Crippen molar-refractivity contribution in [1.29, 1.82) is 5.26 Å². The van der Waals surface area contributed by atoms with E-state index >= 15 is 0 Å². The summed E-state index contributed by atoms with van der Waals surface area (Å²) >= 11 is 0. The van der Waals surface area contributed by atoms with Gasteiger partial charge in [-0.15, -0.1) is 0 Å². The molecule has 0 N–H and O–H groups in total. The number of rotatable bonds is 1. The Balaban J connectivity index is 0.00000106. The van der Waals surface area contributed by atoms with Gasteiger partial charge in [-0.1, -0.05) is 41.5 Å². The molecule has 1 saturated heterocycles. The van der Waals surface area contributed by atoms with Crippen LogP contribution in [0, 0.1) is 34.4 Å². The molecule has 2 unspecified atom stereocenters. The monoisotopic (exact) mass is 290 g/mol. The normalized spacial score (nSPS) is 21.5. The second kappa shape index (κ2) is 6.93. The number of halogens is 1. The summed E-state index contributed by atoms with van der Waals surface area (Å²) in [6, 6.07) is 6.71. The van der Waals surface area contributed by atoms with Crippen molar-refractivity contribution < 1.29 is 4.39 Å².